The summed E-state index contributed by atoms with van der Waals surface area (Å²) in [5.41, 5.74) is 6.20. The number of hydrogen-bond donors (Lipinski definition) is 1. The van der Waals surface area contributed by atoms with Crippen LogP contribution in [0.5, 0.6) is 0 Å². The Morgan fingerprint density at radius 2 is 2.40 bits per heavy atom. The van der Waals surface area contributed by atoms with Crippen molar-refractivity contribution < 1.29 is 0 Å². The summed E-state index contributed by atoms with van der Waals surface area (Å²) in [6, 6.07) is 0.136. The molecule has 0 saturated heterocycles. The molecule has 84 valence electrons. The molecule has 1 aliphatic carbocycles. The predicted octanol–water partition coefficient (Wildman–Crippen LogP) is 2.48. The Labute approximate surface area is 91.7 Å². The first kappa shape index (κ1) is 10.7. The molecular formula is C12H21N3. The van der Waals surface area contributed by atoms with E-state index in [1.165, 1.54) is 19.3 Å². The Kier molecular flexibility index (Phi) is 3.41. The SMILES string of the molecule is CCCn1ccnc1C(N)CC1CCC1. The van der Waals surface area contributed by atoms with Crippen molar-refractivity contribution in [2.75, 3.05) is 0 Å². The quantitative estimate of drug-likeness (QED) is 0.806. The zero-order chi connectivity index (χ0) is 10.7. The van der Waals surface area contributed by atoms with Gasteiger partial charge in [-0.05, 0) is 18.8 Å². The van der Waals surface area contributed by atoms with Crippen LogP contribution in [0.25, 0.3) is 0 Å². The first-order chi connectivity index (χ1) is 7.31. The second-order valence-corrected chi connectivity index (χ2v) is 4.62. The fourth-order valence-corrected chi connectivity index (χ4v) is 2.27. The minimum absolute atomic E-state index is 0.136. The van der Waals surface area contributed by atoms with Crippen molar-refractivity contribution in [1.82, 2.24) is 9.55 Å². The van der Waals surface area contributed by atoms with Crippen LogP contribution in [0.4, 0.5) is 0 Å². The lowest BCUT2D eigenvalue weighted by Gasteiger charge is -2.28. The van der Waals surface area contributed by atoms with Gasteiger partial charge in [0.1, 0.15) is 5.82 Å². The second kappa shape index (κ2) is 4.79. The molecule has 0 radical (unpaired) electrons. The molecule has 1 unspecified atom stereocenters. The smallest absolute Gasteiger partial charge is 0.125 e. The largest absolute Gasteiger partial charge is 0.334 e. The molecule has 1 fully saturated rings. The van der Waals surface area contributed by atoms with E-state index in [4.69, 9.17) is 5.73 Å². The van der Waals surface area contributed by atoms with Crippen molar-refractivity contribution >= 4 is 0 Å². The lowest BCUT2D eigenvalue weighted by molar-refractivity contribution is 0.272. The average molecular weight is 207 g/mol. The molecule has 1 heterocycles. The van der Waals surface area contributed by atoms with Crippen molar-refractivity contribution in [2.45, 2.75) is 51.6 Å². The van der Waals surface area contributed by atoms with Crippen LogP contribution in [0.3, 0.4) is 0 Å². The molecule has 1 aromatic heterocycles. The van der Waals surface area contributed by atoms with Crippen LogP contribution in [0.2, 0.25) is 0 Å². The van der Waals surface area contributed by atoms with E-state index >= 15 is 0 Å². The van der Waals surface area contributed by atoms with E-state index in [9.17, 15) is 0 Å². The van der Waals surface area contributed by atoms with Crippen molar-refractivity contribution in [1.29, 1.82) is 0 Å². The fourth-order valence-electron chi connectivity index (χ4n) is 2.27. The summed E-state index contributed by atoms with van der Waals surface area (Å²) in [5, 5.41) is 0. The molecule has 15 heavy (non-hydrogen) atoms. The lowest BCUT2D eigenvalue weighted by Crippen LogP contribution is -2.23. The molecule has 0 aromatic carbocycles. The zero-order valence-corrected chi connectivity index (χ0v) is 9.52. The third-order valence-corrected chi connectivity index (χ3v) is 3.36. The number of rotatable bonds is 5. The van der Waals surface area contributed by atoms with Gasteiger partial charge in [-0.3, -0.25) is 0 Å². The van der Waals surface area contributed by atoms with E-state index < -0.39 is 0 Å². The Bertz CT molecular complexity index is 302. The summed E-state index contributed by atoms with van der Waals surface area (Å²) < 4.78 is 2.20. The maximum atomic E-state index is 6.20. The average Bonchev–Trinajstić information content (AvgIpc) is 2.60. The Hall–Kier alpha value is -0.830. The summed E-state index contributed by atoms with van der Waals surface area (Å²) in [6.45, 7) is 3.22. The third kappa shape index (κ3) is 2.40. The summed E-state index contributed by atoms with van der Waals surface area (Å²) >= 11 is 0. The van der Waals surface area contributed by atoms with Crippen molar-refractivity contribution in [3.05, 3.63) is 18.2 Å². The van der Waals surface area contributed by atoms with Gasteiger partial charge in [0.05, 0.1) is 6.04 Å². The molecule has 0 aliphatic heterocycles. The van der Waals surface area contributed by atoms with Crippen LogP contribution >= 0.6 is 0 Å². The summed E-state index contributed by atoms with van der Waals surface area (Å²) in [4.78, 5) is 4.38. The topological polar surface area (TPSA) is 43.8 Å². The van der Waals surface area contributed by atoms with Crippen LogP contribution < -0.4 is 5.73 Å². The zero-order valence-electron chi connectivity index (χ0n) is 9.52. The van der Waals surface area contributed by atoms with Gasteiger partial charge in [0.15, 0.2) is 0 Å². The van der Waals surface area contributed by atoms with Crippen LogP contribution in [0, 0.1) is 5.92 Å². The van der Waals surface area contributed by atoms with Gasteiger partial charge in [0.25, 0.3) is 0 Å². The van der Waals surface area contributed by atoms with Crippen LogP contribution in [0.1, 0.15) is 50.9 Å². The molecular weight excluding hydrogens is 186 g/mol. The normalized spacial score (nSPS) is 18.8. The predicted molar refractivity (Wildman–Crippen MR) is 61.4 cm³/mol. The van der Waals surface area contributed by atoms with E-state index in [-0.39, 0.29) is 6.04 Å². The van der Waals surface area contributed by atoms with E-state index in [1.807, 2.05) is 12.4 Å². The van der Waals surface area contributed by atoms with Gasteiger partial charge in [-0.1, -0.05) is 26.2 Å². The highest BCUT2D eigenvalue weighted by molar-refractivity contribution is 4.99. The molecule has 0 spiro atoms. The van der Waals surface area contributed by atoms with Crippen molar-refractivity contribution in [3.8, 4) is 0 Å². The molecule has 0 amide bonds. The Morgan fingerprint density at radius 1 is 1.60 bits per heavy atom. The van der Waals surface area contributed by atoms with Crippen molar-refractivity contribution in [2.24, 2.45) is 11.7 Å². The number of hydrogen-bond acceptors (Lipinski definition) is 2. The summed E-state index contributed by atoms with van der Waals surface area (Å²) in [5.74, 6) is 1.93. The van der Waals surface area contributed by atoms with Gasteiger partial charge in [0, 0.05) is 18.9 Å². The minimum atomic E-state index is 0.136. The second-order valence-electron chi connectivity index (χ2n) is 4.62. The maximum Gasteiger partial charge on any atom is 0.125 e. The van der Waals surface area contributed by atoms with Crippen LogP contribution in [-0.4, -0.2) is 9.55 Å². The third-order valence-electron chi connectivity index (χ3n) is 3.36. The molecule has 3 nitrogen and oxygen atoms in total. The highest BCUT2D eigenvalue weighted by Gasteiger charge is 2.22. The van der Waals surface area contributed by atoms with Crippen LogP contribution in [0.15, 0.2) is 12.4 Å². The first-order valence-electron chi connectivity index (χ1n) is 6.08. The van der Waals surface area contributed by atoms with Gasteiger partial charge >= 0.3 is 0 Å². The van der Waals surface area contributed by atoms with E-state index in [1.54, 1.807) is 0 Å². The van der Waals surface area contributed by atoms with Gasteiger partial charge in [-0.15, -0.1) is 0 Å². The molecule has 2 N–H and O–H groups in total. The number of aromatic nitrogens is 2. The summed E-state index contributed by atoms with van der Waals surface area (Å²) in [6.07, 6.45) is 10.3. The Morgan fingerprint density at radius 3 is 3.00 bits per heavy atom. The number of nitrogens with zero attached hydrogens (tertiary/aromatic N) is 2. The molecule has 2 rings (SSSR count). The van der Waals surface area contributed by atoms with Gasteiger partial charge in [0.2, 0.25) is 0 Å². The molecule has 3 heteroatoms. The first-order valence-corrected chi connectivity index (χ1v) is 6.08. The summed E-state index contributed by atoms with van der Waals surface area (Å²) in [7, 11) is 0. The number of imidazole rings is 1. The minimum Gasteiger partial charge on any atom is -0.334 e. The maximum absolute atomic E-state index is 6.20. The lowest BCUT2D eigenvalue weighted by atomic mass is 9.81. The number of nitrogens with two attached hydrogens (primary N) is 1. The Balaban J connectivity index is 1.96. The highest BCUT2D eigenvalue weighted by atomic mass is 15.1. The fraction of sp³-hybridized carbons (Fsp3) is 0.750. The molecule has 1 atom stereocenters. The van der Waals surface area contributed by atoms with Gasteiger partial charge in [-0.2, -0.15) is 0 Å². The monoisotopic (exact) mass is 207 g/mol. The van der Waals surface area contributed by atoms with Crippen LogP contribution in [-0.2, 0) is 6.54 Å². The standard InChI is InChI=1S/C12H21N3/c1-2-7-15-8-6-14-12(15)11(13)9-10-4-3-5-10/h6,8,10-11H,2-5,7,9,13H2,1H3. The van der Waals surface area contributed by atoms with Gasteiger partial charge < -0.3 is 10.3 Å². The number of aryl methyl sites for hydroxylation is 1. The van der Waals surface area contributed by atoms with Crippen molar-refractivity contribution in [3.63, 3.8) is 0 Å². The molecule has 1 saturated carbocycles. The van der Waals surface area contributed by atoms with E-state index in [2.05, 4.69) is 16.5 Å². The van der Waals surface area contributed by atoms with E-state index in [0.717, 1.165) is 31.1 Å². The molecule has 0 bridgehead atoms. The van der Waals surface area contributed by atoms with Gasteiger partial charge in [-0.25, -0.2) is 4.98 Å². The highest BCUT2D eigenvalue weighted by Crippen LogP contribution is 2.33. The van der Waals surface area contributed by atoms with E-state index in [0.29, 0.717) is 0 Å². The molecule has 1 aliphatic rings. The molecule has 1 aromatic rings.